The predicted molar refractivity (Wildman–Crippen MR) is 124 cm³/mol. The van der Waals surface area contributed by atoms with E-state index in [1.807, 2.05) is 79.0 Å². The van der Waals surface area contributed by atoms with Crippen LogP contribution in [0.5, 0.6) is 0 Å². The zero-order valence-corrected chi connectivity index (χ0v) is 17.5. The molecule has 6 heteroatoms. The number of anilines is 1. The minimum Gasteiger partial charge on any atom is -0.308 e. The summed E-state index contributed by atoms with van der Waals surface area (Å²) >= 11 is 0. The van der Waals surface area contributed by atoms with Crippen LogP contribution in [0, 0.1) is 11.3 Å². The van der Waals surface area contributed by atoms with E-state index in [-0.39, 0.29) is 5.91 Å². The molecule has 2 N–H and O–H groups in total. The third-order valence-electron chi connectivity index (χ3n) is 5.10. The average molecular weight is 422 g/mol. The first kappa shape index (κ1) is 21.0. The van der Waals surface area contributed by atoms with Crippen LogP contribution in [-0.4, -0.2) is 22.2 Å². The molecule has 0 spiro atoms. The molecule has 0 bridgehead atoms. The molecule has 1 atom stereocenters. The van der Waals surface area contributed by atoms with Gasteiger partial charge in [-0.25, -0.2) is 4.68 Å². The lowest BCUT2D eigenvalue weighted by atomic mass is 10.1. The highest BCUT2D eigenvalue weighted by molar-refractivity contribution is 5.94. The van der Waals surface area contributed by atoms with Crippen LogP contribution in [0.3, 0.4) is 0 Å². The highest BCUT2D eigenvalue weighted by Gasteiger charge is 2.20. The van der Waals surface area contributed by atoms with Gasteiger partial charge in [0.25, 0.3) is 0 Å². The number of carbonyl (C=O) groups is 1. The van der Waals surface area contributed by atoms with E-state index in [2.05, 4.69) is 21.8 Å². The predicted octanol–water partition coefficient (Wildman–Crippen LogP) is 4.26. The molecule has 1 heterocycles. The van der Waals surface area contributed by atoms with Crippen LogP contribution in [-0.2, 0) is 11.2 Å². The minimum atomic E-state index is -0.517. The fourth-order valence-electron chi connectivity index (χ4n) is 3.43. The quantitative estimate of drug-likeness (QED) is 0.445. The normalized spacial score (nSPS) is 11.5. The van der Waals surface area contributed by atoms with Crippen molar-refractivity contribution < 1.29 is 4.79 Å². The summed E-state index contributed by atoms with van der Waals surface area (Å²) in [5.41, 5.74) is 3.55. The molecular formula is C26H23N5O. The van der Waals surface area contributed by atoms with E-state index in [1.165, 1.54) is 0 Å². The van der Waals surface area contributed by atoms with Crippen molar-refractivity contribution in [2.24, 2.45) is 0 Å². The number of rotatable bonds is 8. The third-order valence-corrected chi connectivity index (χ3v) is 5.10. The Kier molecular flexibility index (Phi) is 6.71. The Morgan fingerprint density at radius 1 is 0.938 bits per heavy atom. The van der Waals surface area contributed by atoms with Gasteiger partial charge in [0.2, 0.25) is 5.91 Å². The molecule has 1 unspecified atom stereocenters. The minimum absolute atomic E-state index is 0.172. The number of benzene rings is 3. The van der Waals surface area contributed by atoms with Gasteiger partial charge >= 0.3 is 0 Å². The van der Waals surface area contributed by atoms with Crippen LogP contribution in [0.4, 0.5) is 5.82 Å². The standard InChI is InChI=1S/C26H23N5O/c27-19-21-13-11-20(12-14-21)15-17-28-25(22-7-3-1-4-8-22)26(32)29-24-16-18-31(30-24)23-9-5-2-6-10-23/h1-14,16,18,25,28H,15,17H2,(H,29,30,32). The zero-order chi connectivity index (χ0) is 22.2. The Labute approximate surface area is 187 Å². The van der Waals surface area contributed by atoms with Gasteiger partial charge in [-0.15, -0.1) is 0 Å². The molecule has 0 saturated carbocycles. The fraction of sp³-hybridized carbons (Fsp3) is 0.115. The van der Waals surface area contributed by atoms with Crippen molar-refractivity contribution in [3.8, 4) is 11.8 Å². The van der Waals surface area contributed by atoms with Gasteiger partial charge in [-0.05, 0) is 41.8 Å². The second-order valence-corrected chi connectivity index (χ2v) is 7.33. The summed E-state index contributed by atoms with van der Waals surface area (Å²) in [5, 5.41) is 19.7. The molecule has 0 fully saturated rings. The molecule has 0 aliphatic heterocycles. The number of hydrogen-bond donors (Lipinski definition) is 2. The molecule has 0 radical (unpaired) electrons. The smallest absolute Gasteiger partial charge is 0.247 e. The summed E-state index contributed by atoms with van der Waals surface area (Å²) in [4.78, 5) is 13.1. The van der Waals surface area contributed by atoms with Crippen LogP contribution < -0.4 is 10.6 Å². The van der Waals surface area contributed by atoms with Crippen molar-refractivity contribution in [3.63, 3.8) is 0 Å². The van der Waals surface area contributed by atoms with Crippen molar-refractivity contribution >= 4 is 11.7 Å². The first-order valence-corrected chi connectivity index (χ1v) is 10.4. The molecule has 4 rings (SSSR count). The van der Waals surface area contributed by atoms with E-state index in [9.17, 15) is 4.79 Å². The lowest BCUT2D eigenvalue weighted by Crippen LogP contribution is -2.34. The molecule has 0 aliphatic carbocycles. The monoisotopic (exact) mass is 421 g/mol. The van der Waals surface area contributed by atoms with E-state index in [4.69, 9.17) is 5.26 Å². The molecule has 3 aromatic carbocycles. The average Bonchev–Trinajstić information content (AvgIpc) is 3.31. The van der Waals surface area contributed by atoms with Crippen LogP contribution in [0.15, 0.2) is 97.2 Å². The van der Waals surface area contributed by atoms with Crippen molar-refractivity contribution in [1.82, 2.24) is 15.1 Å². The number of carbonyl (C=O) groups excluding carboxylic acids is 1. The van der Waals surface area contributed by atoms with Gasteiger partial charge in [-0.1, -0.05) is 60.7 Å². The third kappa shape index (κ3) is 5.28. The van der Waals surface area contributed by atoms with E-state index < -0.39 is 6.04 Å². The van der Waals surface area contributed by atoms with Gasteiger partial charge < -0.3 is 10.6 Å². The van der Waals surface area contributed by atoms with Gasteiger partial charge in [0, 0.05) is 18.8 Å². The van der Waals surface area contributed by atoms with Gasteiger partial charge in [0.1, 0.15) is 6.04 Å². The molecule has 4 aromatic rings. The number of aromatic nitrogens is 2. The topological polar surface area (TPSA) is 82.7 Å². The first-order valence-electron chi connectivity index (χ1n) is 10.4. The van der Waals surface area contributed by atoms with E-state index in [0.717, 1.165) is 23.2 Å². The number of hydrogen-bond acceptors (Lipinski definition) is 4. The number of nitriles is 1. The van der Waals surface area contributed by atoms with Crippen molar-refractivity contribution in [2.45, 2.75) is 12.5 Å². The second kappa shape index (κ2) is 10.2. The zero-order valence-electron chi connectivity index (χ0n) is 17.5. The fourth-order valence-corrected chi connectivity index (χ4v) is 3.43. The highest BCUT2D eigenvalue weighted by Crippen LogP contribution is 2.17. The SMILES string of the molecule is N#Cc1ccc(CCNC(C(=O)Nc2ccn(-c3ccccc3)n2)c2ccccc2)cc1. The largest absolute Gasteiger partial charge is 0.308 e. The lowest BCUT2D eigenvalue weighted by molar-refractivity contribution is -0.118. The Morgan fingerprint density at radius 3 is 2.31 bits per heavy atom. The summed E-state index contributed by atoms with van der Waals surface area (Å²) in [6.07, 6.45) is 2.56. The molecule has 0 aliphatic rings. The molecule has 0 saturated heterocycles. The summed E-state index contributed by atoms with van der Waals surface area (Å²) in [5.74, 6) is 0.322. The van der Waals surface area contributed by atoms with Crippen LogP contribution in [0.2, 0.25) is 0 Å². The number of para-hydroxylation sites is 1. The van der Waals surface area contributed by atoms with Gasteiger partial charge in [-0.2, -0.15) is 10.4 Å². The van der Waals surface area contributed by atoms with Crippen molar-refractivity contribution in [2.75, 3.05) is 11.9 Å². The van der Waals surface area contributed by atoms with E-state index >= 15 is 0 Å². The van der Waals surface area contributed by atoms with Crippen LogP contribution in [0.1, 0.15) is 22.7 Å². The number of nitrogens with zero attached hydrogens (tertiary/aromatic N) is 3. The summed E-state index contributed by atoms with van der Waals surface area (Å²) < 4.78 is 1.73. The number of nitrogens with one attached hydrogen (secondary N) is 2. The summed E-state index contributed by atoms with van der Waals surface area (Å²) in [7, 11) is 0. The van der Waals surface area contributed by atoms with Gasteiger partial charge in [0.15, 0.2) is 5.82 Å². The molecule has 6 nitrogen and oxygen atoms in total. The maximum absolute atomic E-state index is 13.1. The van der Waals surface area contributed by atoms with Crippen molar-refractivity contribution in [1.29, 1.82) is 5.26 Å². The van der Waals surface area contributed by atoms with Gasteiger partial charge in [0.05, 0.1) is 17.3 Å². The maximum Gasteiger partial charge on any atom is 0.247 e. The van der Waals surface area contributed by atoms with Crippen LogP contribution >= 0.6 is 0 Å². The molecular weight excluding hydrogens is 398 g/mol. The molecule has 158 valence electrons. The van der Waals surface area contributed by atoms with Crippen LogP contribution in [0.25, 0.3) is 5.69 Å². The Morgan fingerprint density at radius 2 is 1.62 bits per heavy atom. The first-order chi connectivity index (χ1) is 15.7. The van der Waals surface area contributed by atoms with Crippen molar-refractivity contribution in [3.05, 3.63) is 114 Å². The summed E-state index contributed by atoms with van der Waals surface area (Å²) in [6, 6.07) is 30.2. The van der Waals surface area contributed by atoms with Gasteiger partial charge in [-0.3, -0.25) is 4.79 Å². The number of amides is 1. The highest BCUT2D eigenvalue weighted by atomic mass is 16.2. The molecule has 32 heavy (non-hydrogen) atoms. The Balaban J connectivity index is 1.43. The van der Waals surface area contributed by atoms with E-state index in [0.29, 0.717) is 17.9 Å². The second-order valence-electron chi connectivity index (χ2n) is 7.33. The molecule has 1 amide bonds. The molecule has 1 aromatic heterocycles. The maximum atomic E-state index is 13.1. The Bertz CT molecular complexity index is 1190. The Hall–Kier alpha value is -4.21. The lowest BCUT2D eigenvalue weighted by Gasteiger charge is -2.18. The summed E-state index contributed by atoms with van der Waals surface area (Å²) in [6.45, 7) is 0.608. The van der Waals surface area contributed by atoms with E-state index in [1.54, 1.807) is 22.9 Å².